The van der Waals surface area contributed by atoms with Crippen molar-refractivity contribution in [2.45, 2.75) is 6.92 Å². The fraction of sp³-hybridized carbons (Fsp3) is 0.120. The topological polar surface area (TPSA) is 68.6 Å². The summed E-state index contributed by atoms with van der Waals surface area (Å²) in [4.78, 5) is 18.2. The number of H-pyrrole nitrogens is 1. The lowest BCUT2D eigenvalue weighted by atomic mass is 10.0. The van der Waals surface area contributed by atoms with E-state index in [-0.39, 0.29) is 5.56 Å². The second-order valence-electron chi connectivity index (χ2n) is 7.25. The minimum absolute atomic E-state index is 0.236. The van der Waals surface area contributed by atoms with E-state index < -0.39 is 0 Å². The third-order valence-corrected chi connectivity index (χ3v) is 5.54. The van der Waals surface area contributed by atoms with Gasteiger partial charge in [-0.3, -0.25) is 14.9 Å². The van der Waals surface area contributed by atoms with Crippen molar-refractivity contribution < 1.29 is 9.47 Å². The van der Waals surface area contributed by atoms with Gasteiger partial charge in [-0.2, -0.15) is 0 Å². The van der Waals surface area contributed by atoms with Crippen LogP contribution in [0.4, 0.5) is 5.69 Å². The highest BCUT2D eigenvalue weighted by molar-refractivity contribution is 6.35. The smallest absolute Gasteiger partial charge is 0.280 e. The predicted molar refractivity (Wildman–Crippen MR) is 133 cm³/mol. The van der Waals surface area contributed by atoms with Crippen LogP contribution < -0.4 is 15.0 Å². The molecule has 0 bridgehead atoms. The summed E-state index contributed by atoms with van der Waals surface area (Å²) in [6, 6.07) is 19.7. The SMILES string of the molecule is COc1ccc(-c2[nH]n(-c3ccc(OC)cc3)c(=O)c2C(C)=Nc2cc(Cl)cc(Cl)c2)cc1. The molecule has 3 aromatic carbocycles. The first-order valence-electron chi connectivity index (χ1n) is 10.0. The van der Waals surface area contributed by atoms with Crippen LogP contribution in [0.3, 0.4) is 0 Å². The summed E-state index contributed by atoms with van der Waals surface area (Å²) in [7, 11) is 3.20. The summed E-state index contributed by atoms with van der Waals surface area (Å²) in [5.74, 6) is 1.42. The Morgan fingerprint density at radius 1 is 0.879 bits per heavy atom. The molecular weight excluding hydrogens is 461 g/mol. The van der Waals surface area contributed by atoms with Gasteiger partial charge in [0, 0.05) is 15.6 Å². The number of aliphatic imine (C=N–C) groups is 1. The number of nitrogens with zero attached hydrogens (tertiary/aromatic N) is 2. The minimum atomic E-state index is -0.236. The molecule has 0 unspecified atom stereocenters. The lowest BCUT2D eigenvalue weighted by Gasteiger charge is -2.05. The standard InChI is InChI=1S/C25H21Cl2N3O3/c1-15(28-19-13-17(26)12-18(27)14-19)23-24(16-4-8-21(32-2)9-5-16)29-30(25(23)31)20-6-10-22(33-3)11-7-20/h4-14,29H,1-3H3. The number of methoxy groups -OCH3 is 2. The second kappa shape index (κ2) is 9.57. The molecule has 1 aromatic heterocycles. The molecule has 0 saturated carbocycles. The molecule has 0 amide bonds. The quantitative estimate of drug-likeness (QED) is 0.328. The van der Waals surface area contributed by atoms with Crippen molar-refractivity contribution in [2.24, 2.45) is 4.99 Å². The van der Waals surface area contributed by atoms with Crippen molar-refractivity contribution in [2.75, 3.05) is 14.2 Å². The molecule has 4 aromatic rings. The fourth-order valence-corrected chi connectivity index (χ4v) is 4.02. The molecule has 0 fully saturated rings. The average Bonchev–Trinajstić information content (AvgIpc) is 3.15. The highest BCUT2D eigenvalue weighted by atomic mass is 35.5. The summed E-state index contributed by atoms with van der Waals surface area (Å²) >= 11 is 12.3. The number of benzene rings is 3. The number of halogens is 2. The zero-order valence-corrected chi connectivity index (χ0v) is 19.7. The molecule has 0 aliphatic carbocycles. The summed E-state index contributed by atoms with van der Waals surface area (Å²) in [6.07, 6.45) is 0. The van der Waals surface area contributed by atoms with Crippen molar-refractivity contribution in [3.05, 3.63) is 92.7 Å². The van der Waals surface area contributed by atoms with Crippen LogP contribution in [0.5, 0.6) is 11.5 Å². The van der Waals surface area contributed by atoms with E-state index in [9.17, 15) is 4.79 Å². The first-order chi connectivity index (χ1) is 15.9. The Morgan fingerprint density at radius 3 is 1.97 bits per heavy atom. The first kappa shape index (κ1) is 22.7. The third kappa shape index (κ3) is 4.82. The fourth-order valence-electron chi connectivity index (χ4n) is 3.51. The van der Waals surface area contributed by atoms with Gasteiger partial charge in [-0.05, 0) is 73.7 Å². The molecular formula is C25H21Cl2N3O3. The molecule has 1 N–H and O–H groups in total. The maximum atomic E-state index is 13.5. The Hall–Kier alpha value is -3.48. The highest BCUT2D eigenvalue weighted by Gasteiger charge is 2.20. The molecule has 0 aliphatic rings. The Morgan fingerprint density at radius 2 is 1.42 bits per heavy atom. The monoisotopic (exact) mass is 481 g/mol. The molecule has 0 radical (unpaired) electrons. The van der Waals surface area contributed by atoms with Gasteiger partial charge >= 0.3 is 0 Å². The zero-order chi connectivity index (χ0) is 23.5. The largest absolute Gasteiger partial charge is 0.497 e. The van der Waals surface area contributed by atoms with E-state index in [4.69, 9.17) is 32.7 Å². The molecule has 8 heteroatoms. The van der Waals surface area contributed by atoms with Crippen molar-refractivity contribution >= 4 is 34.6 Å². The molecule has 4 rings (SSSR count). The maximum absolute atomic E-state index is 13.5. The van der Waals surface area contributed by atoms with Gasteiger partial charge in [0.25, 0.3) is 5.56 Å². The Balaban J connectivity index is 1.89. The molecule has 0 spiro atoms. The number of rotatable bonds is 6. The van der Waals surface area contributed by atoms with Crippen LogP contribution in [0.25, 0.3) is 16.9 Å². The van der Waals surface area contributed by atoms with Crippen LogP contribution in [0, 0.1) is 0 Å². The normalized spacial score (nSPS) is 11.5. The van der Waals surface area contributed by atoms with E-state index >= 15 is 0 Å². The Labute approximate surface area is 201 Å². The predicted octanol–water partition coefficient (Wildman–Crippen LogP) is 6.30. The number of aromatic amines is 1. The molecule has 6 nitrogen and oxygen atoms in total. The Bertz CT molecular complexity index is 1350. The number of aromatic nitrogens is 2. The van der Waals surface area contributed by atoms with Crippen LogP contribution >= 0.6 is 23.2 Å². The van der Waals surface area contributed by atoms with Gasteiger partial charge in [0.2, 0.25) is 0 Å². The van der Waals surface area contributed by atoms with Gasteiger partial charge in [0.1, 0.15) is 11.5 Å². The third-order valence-electron chi connectivity index (χ3n) is 5.11. The van der Waals surface area contributed by atoms with E-state index in [1.54, 1.807) is 51.5 Å². The number of ether oxygens (including phenoxy) is 2. The summed E-state index contributed by atoms with van der Waals surface area (Å²) in [6.45, 7) is 1.78. The maximum Gasteiger partial charge on any atom is 0.280 e. The Kier molecular flexibility index (Phi) is 6.58. The lowest BCUT2D eigenvalue weighted by Crippen LogP contribution is -2.19. The van der Waals surface area contributed by atoms with Crippen LogP contribution in [-0.4, -0.2) is 29.7 Å². The summed E-state index contributed by atoms with van der Waals surface area (Å²) in [5.41, 5.74) is 3.39. The van der Waals surface area contributed by atoms with Crippen molar-refractivity contribution in [1.29, 1.82) is 0 Å². The molecule has 0 atom stereocenters. The number of hydrogen-bond acceptors (Lipinski definition) is 4. The number of nitrogens with one attached hydrogen (secondary N) is 1. The molecule has 168 valence electrons. The van der Waals surface area contributed by atoms with E-state index in [2.05, 4.69) is 10.1 Å². The minimum Gasteiger partial charge on any atom is -0.497 e. The van der Waals surface area contributed by atoms with Gasteiger partial charge in [-0.15, -0.1) is 0 Å². The van der Waals surface area contributed by atoms with Crippen molar-refractivity contribution in [1.82, 2.24) is 9.78 Å². The van der Waals surface area contributed by atoms with Gasteiger partial charge < -0.3 is 9.47 Å². The second-order valence-corrected chi connectivity index (χ2v) is 8.13. The van der Waals surface area contributed by atoms with Crippen LogP contribution in [0.1, 0.15) is 12.5 Å². The number of hydrogen-bond donors (Lipinski definition) is 1. The molecule has 0 saturated heterocycles. The van der Waals surface area contributed by atoms with E-state index in [0.29, 0.717) is 44.1 Å². The van der Waals surface area contributed by atoms with Gasteiger partial charge in [-0.25, -0.2) is 4.68 Å². The van der Waals surface area contributed by atoms with Gasteiger partial charge in [0.05, 0.1) is 42.6 Å². The van der Waals surface area contributed by atoms with Gasteiger partial charge in [0.15, 0.2) is 0 Å². The molecule has 0 aliphatic heterocycles. The van der Waals surface area contributed by atoms with Crippen molar-refractivity contribution in [3.63, 3.8) is 0 Å². The van der Waals surface area contributed by atoms with Crippen molar-refractivity contribution in [3.8, 4) is 28.4 Å². The average molecular weight is 482 g/mol. The highest BCUT2D eigenvalue weighted by Crippen LogP contribution is 2.28. The van der Waals surface area contributed by atoms with Crippen LogP contribution in [0.15, 0.2) is 76.5 Å². The molecule has 1 heterocycles. The van der Waals surface area contributed by atoms with E-state index in [1.807, 2.05) is 36.4 Å². The molecule has 33 heavy (non-hydrogen) atoms. The van der Waals surface area contributed by atoms with E-state index in [0.717, 1.165) is 11.3 Å². The van der Waals surface area contributed by atoms with Crippen LogP contribution in [0.2, 0.25) is 10.0 Å². The van der Waals surface area contributed by atoms with Crippen LogP contribution in [-0.2, 0) is 0 Å². The lowest BCUT2D eigenvalue weighted by molar-refractivity contribution is 0.414. The first-order valence-corrected chi connectivity index (χ1v) is 10.8. The zero-order valence-electron chi connectivity index (χ0n) is 18.2. The van der Waals surface area contributed by atoms with E-state index in [1.165, 1.54) is 4.68 Å². The summed E-state index contributed by atoms with van der Waals surface area (Å²) < 4.78 is 12.0. The summed E-state index contributed by atoms with van der Waals surface area (Å²) in [5, 5.41) is 4.17. The van der Waals surface area contributed by atoms with Gasteiger partial charge in [-0.1, -0.05) is 23.2 Å².